The molecule has 2 spiro atoms. The lowest BCUT2D eigenvalue weighted by atomic mass is 9.65. The predicted octanol–water partition coefficient (Wildman–Crippen LogP) is 30.4. The van der Waals surface area contributed by atoms with Crippen molar-refractivity contribution in [1.29, 1.82) is 0 Å². The summed E-state index contributed by atoms with van der Waals surface area (Å²) in [5.74, 6) is 4.65. The van der Waals surface area contributed by atoms with Crippen LogP contribution in [0.4, 0.5) is 0 Å². The Bertz CT molecular complexity index is 8820. The lowest BCUT2D eigenvalue weighted by Gasteiger charge is -2.39. The van der Waals surface area contributed by atoms with Crippen molar-refractivity contribution in [1.82, 2.24) is 29.9 Å². The maximum absolute atomic E-state index is 7.01. The summed E-state index contributed by atoms with van der Waals surface area (Å²) in [6.45, 7) is 0. The zero-order chi connectivity index (χ0) is 85.3. The van der Waals surface area contributed by atoms with Gasteiger partial charge in [0.1, 0.15) is 45.3 Å². The second-order valence-electron chi connectivity index (χ2n) is 34.0. The lowest BCUT2D eigenvalue weighted by Crippen LogP contribution is -2.32. The molecule has 0 amide bonds. The number of ether oxygens (including phenoxy) is 2. The number of para-hydroxylation sites is 7. The molecule has 604 valence electrons. The summed E-state index contributed by atoms with van der Waals surface area (Å²) < 4.78 is 26.9. The van der Waals surface area contributed by atoms with Crippen LogP contribution in [0, 0.1) is 0 Å². The normalized spacial score (nSPS) is 13.2. The van der Waals surface area contributed by atoms with Gasteiger partial charge in [-0.05, 0) is 152 Å². The second kappa shape index (κ2) is 28.6. The standard InChI is InChI=1S/2C60H35N3O2/c1-2-16-36(17-3-1)59-62-52(35-53(63-59)44-25-15-24-43-42-23-7-12-30-54(42)65-58(43)44)37-18-14-19-38(32-37)57-46-34-56-50(33-45(46)41-22-6-11-29-51(41)61-57)60(49-28-10-13-31-55(49)64-56)47-26-8-4-20-39(47)40-21-5-9-27-48(40)60;1-2-16-36(17-3-1)59-62-51(35-52(63-59)42-24-15-31-55-57(42)43-23-7-12-29-53(43)64-55)37-18-14-19-38(32-37)58-45-34-56-49(33-44(45)41-22-6-11-28-50(41)61-58)60(48-27-10-13-30-54(48)65-56)46-25-8-4-20-39(46)40-21-5-9-26-47(40)60/h2*1-35H. The summed E-state index contributed by atoms with van der Waals surface area (Å²) >= 11 is 0. The van der Waals surface area contributed by atoms with Crippen molar-refractivity contribution in [2.75, 3.05) is 0 Å². The summed E-state index contributed by atoms with van der Waals surface area (Å²) in [6.07, 6.45) is 0. The molecule has 4 aliphatic rings. The Hall–Kier alpha value is -17.3. The molecule has 10 heteroatoms. The van der Waals surface area contributed by atoms with Crippen LogP contribution in [-0.2, 0) is 10.8 Å². The maximum atomic E-state index is 7.01. The van der Waals surface area contributed by atoms with Crippen molar-refractivity contribution in [3.63, 3.8) is 0 Å². The van der Waals surface area contributed by atoms with Crippen molar-refractivity contribution in [2.45, 2.75) is 10.8 Å². The molecule has 0 bridgehead atoms. The number of aromatic nitrogens is 6. The Morgan fingerprint density at radius 3 is 1.05 bits per heavy atom. The molecule has 0 radical (unpaired) electrons. The van der Waals surface area contributed by atoms with Gasteiger partial charge in [0.05, 0.1) is 56.0 Å². The van der Waals surface area contributed by atoms with E-state index in [9.17, 15) is 0 Å². The van der Waals surface area contributed by atoms with Crippen LogP contribution in [0.1, 0.15) is 44.5 Å². The van der Waals surface area contributed by atoms with E-state index >= 15 is 0 Å². The molecule has 6 aromatic heterocycles. The molecule has 18 aromatic carbocycles. The van der Waals surface area contributed by atoms with Crippen molar-refractivity contribution in [2.24, 2.45) is 0 Å². The van der Waals surface area contributed by atoms with E-state index in [-0.39, 0.29) is 0 Å². The van der Waals surface area contributed by atoms with Crippen LogP contribution in [0.2, 0.25) is 0 Å². The van der Waals surface area contributed by atoms with Gasteiger partial charge in [-0.1, -0.05) is 328 Å². The first-order chi connectivity index (χ1) is 64.4. The van der Waals surface area contributed by atoms with Crippen molar-refractivity contribution < 1.29 is 18.3 Å². The first-order valence-electron chi connectivity index (χ1n) is 44.0. The number of nitrogens with zero attached hydrogens (tertiary/aromatic N) is 6. The van der Waals surface area contributed by atoms with Gasteiger partial charge < -0.3 is 18.3 Å². The van der Waals surface area contributed by atoms with Gasteiger partial charge in [-0.15, -0.1) is 0 Å². The van der Waals surface area contributed by atoms with E-state index in [1.807, 2.05) is 78.9 Å². The first-order valence-corrected chi connectivity index (χ1v) is 44.0. The van der Waals surface area contributed by atoms with Gasteiger partial charge in [-0.3, -0.25) is 0 Å². The number of pyridine rings is 2. The first kappa shape index (κ1) is 73.1. The molecule has 0 saturated heterocycles. The summed E-state index contributed by atoms with van der Waals surface area (Å²) in [7, 11) is 0. The zero-order valence-corrected chi connectivity index (χ0v) is 69.7. The summed E-state index contributed by atoms with van der Waals surface area (Å²) in [5.41, 5.74) is 31.2. The van der Waals surface area contributed by atoms with E-state index in [4.69, 9.17) is 48.2 Å². The van der Waals surface area contributed by atoms with Gasteiger partial charge in [0, 0.05) is 110 Å². The number of furan rings is 2. The minimum Gasteiger partial charge on any atom is -0.457 e. The largest absolute Gasteiger partial charge is 0.457 e. The van der Waals surface area contributed by atoms with Crippen LogP contribution in [0.15, 0.2) is 433 Å². The highest BCUT2D eigenvalue weighted by Crippen LogP contribution is 2.65. The zero-order valence-electron chi connectivity index (χ0n) is 69.7. The Labute approximate surface area is 746 Å². The van der Waals surface area contributed by atoms with Crippen molar-refractivity contribution in [3.8, 4) is 136 Å². The SMILES string of the molecule is c1ccc(-c2nc(-c3cccc(-c4nc5ccccc5c5cc6c(cc45)Oc4ccccc4C64c5ccccc5-c5ccccc54)c3)cc(-c3cccc4c3oc3ccccc34)n2)cc1.c1ccc(-c2nc(-c3cccc(-c4nc5ccccc5c5cc6c(cc45)Oc4ccccc4C64c5ccccc5-c5ccccc54)c3)cc(-c3cccc4oc5ccccc5c34)n2)cc1. The fourth-order valence-corrected chi connectivity index (χ4v) is 21.5. The molecule has 0 unspecified atom stereocenters. The van der Waals surface area contributed by atoms with E-state index in [0.29, 0.717) is 11.6 Å². The predicted molar refractivity (Wildman–Crippen MR) is 522 cm³/mol. The molecule has 0 atom stereocenters. The highest BCUT2D eigenvalue weighted by atomic mass is 16.5. The second-order valence-corrected chi connectivity index (χ2v) is 34.0. The van der Waals surface area contributed by atoms with Gasteiger partial charge in [0.15, 0.2) is 11.6 Å². The van der Waals surface area contributed by atoms with E-state index in [1.165, 1.54) is 44.5 Å². The monoisotopic (exact) mass is 1660 g/mol. The van der Waals surface area contributed by atoms with Crippen LogP contribution in [-0.4, -0.2) is 29.9 Å². The Kier molecular flexibility index (Phi) is 16.1. The van der Waals surface area contributed by atoms with E-state index < -0.39 is 10.8 Å². The van der Waals surface area contributed by atoms with E-state index in [1.54, 1.807) is 0 Å². The molecule has 8 heterocycles. The molecule has 0 N–H and O–H groups in total. The Morgan fingerprint density at radius 2 is 0.538 bits per heavy atom. The maximum Gasteiger partial charge on any atom is 0.160 e. The molecule has 0 fully saturated rings. The van der Waals surface area contributed by atoms with Gasteiger partial charge in [0.25, 0.3) is 0 Å². The average molecular weight is 1660 g/mol. The van der Waals surface area contributed by atoms with Gasteiger partial charge >= 0.3 is 0 Å². The minimum atomic E-state index is -0.579. The average Bonchev–Trinajstić information content (AvgIpc) is 1.47. The smallest absolute Gasteiger partial charge is 0.160 e. The molecule has 0 saturated carbocycles. The van der Waals surface area contributed by atoms with Crippen LogP contribution in [0.5, 0.6) is 23.0 Å². The van der Waals surface area contributed by atoms with Gasteiger partial charge in [-0.2, -0.15) is 0 Å². The third kappa shape index (κ3) is 10.9. The third-order valence-corrected chi connectivity index (χ3v) is 27.1. The molecule has 10 nitrogen and oxygen atoms in total. The van der Waals surface area contributed by atoms with Gasteiger partial charge in [0.2, 0.25) is 0 Å². The Morgan fingerprint density at radius 1 is 0.185 bits per heavy atom. The number of benzene rings is 18. The van der Waals surface area contributed by atoms with Crippen LogP contribution >= 0.6 is 0 Å². The highest BCUT2D eigenvalue weighted by molar-refractivity contribution is 6.16. The molecular formula is C120H70N6O4. The quantitative estimate of drug-likeness (QED) is 0.136. The van der Waals surface area contributed by atoms with Crippen LogP contribution < -0.4 is 9.47 Å². The van der Waals surface area contributed by atoms with Crippen molar-refractivity contribution in [3.05, 3.63) is 469 Å². The summed E-state index contributed by atoms with van der Waals surface area (Å²) in [4.78, 5) is 31.8. The highest BCUT2D eigenvalue weighted by Gasteiger charge is 2.53. The number of fused-ring (bicyclic) bond motifs is 30. The topological polar surface area (TPSA) is 122 Å². The number of hydrogen-bond acceptors (Lipinski definition) is 10. The van der Waals surface area contributed by atoms with E-state index in [0.717, 1.165) is 211 Å². The van der Waals surface area contributed by atoms with Crippen molar-refractivity contribution >= 4 is 87.2 Å². The molecule has 2 aliphatic heterocycles. The molecular weight excluding hydrogens is 1590 g/mol. The summed E-state index contributed by atoms with van der Waals surface area (Å²) in [6, 6.07) is 149. The number of rotatable bonds is 8. The molecule has 130 heavy (non-hydrogen) atoms. The van der Waals surface area contributed by atoms with Gasteiger partial charge in [-0.25, -0.2) is 29.9 Å². The van der Waals surface area contributed by atoms with Crippen LogP contribution in [0.3, 0.4) is 0 Å². The lowest BCUT2D eigenvalue weighted by molar-refractivity contribution is 0.437. The Balaban J connectivity index is 0.000000134. The fourth-order valence-electron chi connectivity index (χ4n) is 21.5. The van der Waals surface area contributed by atoms with Crippen LogP contribution in [0.25, 0.3) is 200 Å². The molecule has 24 aromatic rings. The number of hydrogen-bond donors (Lipinski definition) is 0. The molecule has 2 aliphatic carbocycles. The molecule has 28 rings (SSSR count). The summed E-state index contributed by atoms with van der Waals surface area (Å²) in [5, 5.41) is 10.7. The van der Waals surface area contributed by atoms with E-state index in [2.05, 4.69) is 346 Å². The fraction of sp³-hybridized carbons (Fsp3) is 0.0167. The third-order valence-electron chi connectivity index (χ3n) is 27.1. The minimum absolute atomic E-state index is 0.579.